The van der Waals surface area contributed by atoms with Crippen LogP contribution in [0.15, 0.2) is 9.59 Å². The molecule has 0 aromatic carbocycles. The largest absolute Gasteiger partial charge is 0.332 e. The van der Waals surface area contributed by atoms with E-state index < -0.39 is 16.7 Å². The summed E-state index contributed by atoms with van der Waals surface area (Å²) >= 11 is 0. The molecule has 8 nitrogen and oxygen atoms in total. The molecule has 1 aliphatic rings. The Morgan fingerprint density at radius 2 is 1.66 bits per heavy atom. The van der Waals surface area contributed by atoms with Gasteiger partial charge in [0.15, 0.2) is 16.9 Å². The summed E-state index contributed by atoms with van der Waals surface area (Å²) in [6.07, 6.45) is 1.20. The van der Waals surface area contributed by atoms with Crippen molar-refractivity contribution in [2.45, 2.75) is 54.1 Å². The van der Waals surface area contributed by atoms with E-state index in [0.717, 1.165) is 17.7 Å². The van der Waals surface area contributed by atoms with Crippen LogP contribution in [0.2, 0.25) is 0 Å². The number of hydrogen-bond acceptors (Lipinski definition) is 5. The van der Waals surface area contributed by atoms with Gasteiger partial charge in [0, 0.05) is 32.6 Å². The van der Waals surface area contributed by atoms with Gasteiger partial charge in [-0.3, -0.25) is 23.6 Å². The van der Waals surface area contributed by atoms with Gasteiger partial charge in [0.1, 0.15) is 5.82 Å². The first-order valence-corrected chi connectivity index (χ1v) is 10.3. The van der Waals surface area contributed by atoms with Gasteiger partial charge in [-0.05, 0) is 18.3 Å². The number of aromatic nitrogens is 4. The third kappa shape index (κ3) is 4.08. The van der Waals surface area contributed by atoms with Crippen molar-refractivity contribution in [1.29, 1.82) is 0 Å². The van der Waals surface area contributed by atoms with Crippen molar-refractivity contribution < 1.29 is 4.79 Å². The van der Waals surface area contributed by atoms with Crippen molar-refractivity contribution >= 4 is 16.9 Å². The average molecular weight is 404 g/mol. The van der Waals surface area contributed by atoms with Crippen molar-refractivity contribution in [3.05, 3.63) is 26.7 Å². The first kappa shape index (κ1) is 21.5. The molecular weight excluding hydrogens is 370 g/mol. The van der Waals surface area contributed by atoms with Gasteiger partial charge in [-0.1, -0.05) is 34.6 Å². The highest BCUT2D eigenvalue weighted by Crippen LogP contribution is 2.24. The van der Waals surface area contributed by atoms with Crippen LogP contribution < -0.4 is 11.2 Å². The van der Waals surface area contributed by atoms with Crippen LogP contribution in [0.5, 0.6) is 0 Å². The summed E-state index contributed by atoms with van der Waals surface area (Å²) < 4.78 is 4.20. The number of carbonyl (C=O) groups is 1. The maximum atomic E-state index is 12.9. The molecule has 2 aromatic heterocycles. The molecule has 3 heterocycles. The predicted octanol–water partition coefficient (Wildman–Crippen LogP) is 1.53. The Hall–Kier alpha value is -2.22. The van der Waals surface area contributed by atoms with Crippen LogP contribution in [0.1, 0.15) is 46.9 Å². The topological polar surface area (TPSA) is 82.1 Å². The number of piperidine rings is 1. The summed E-state index contributed by atoms with van der Waals surface area (Å²) in [6.45, 7) is 12.6. The minimum absolute atomic E-state index is 0.0225. The van der Waals surface area contributed by atoms with Gasteiger partial charge < -0.3 is 4.57 Å². The lowest BCUT2D eigenvalue weighted by Gasteiger charge is -2.34. The number of imidazole rings is 1. The molecule has 8 heteroatoms. The quantitative estimate of drug-likeness (QED) is 0.773. The van der Waals surface area contributed by atoms with Crippen LogP contribution >= 0.6 is 0 Å². The SMILES string of the molecule is C[C@@H]1C[C@H](C)CN(Cc2nc3c(c(=O)n(C)c(=O)n3C)n2CC(=O)C(C)(C)C)C1. The van der Waals surface area contributed by atoms with Gasteiger partial charge in [-0.25, -0.2) is 9.78 Å². The second-order valence-electron chi connectivity index (χ2n) is 9.81. The molecule has 3 rings (SSSR count). The highest BCUT2D eigenvalue weighted by atomic mass is 16.2. The lowest BCUT2D eigenvalue weighted by atomic mass is 9.91. The highest BCUT2D eigenvalue weighted by Gasteiger charge is 2.28. The molecule has 0 amide bonds. The Bertz CT molecular complexity index is 1040. The Morgan fingerprint density at radius 1 is 1.07 bits per heavy atom. The minimum atomic E-state index is -0.534. The van der Waals surface area contributed by atoms with E-state index in [0.29, 0.717) is 35.4 Å². The van der Waals surface area contributed by atoms with Gasteiger partial charge in [0.05, 0.1) is 13.1 Å². The van der Waals surface area contributed by atoms with Gasteiger partial charge in [-0.2, -0.15) is 0 Å². The zero-order valence-electron chi connectivity index (χ0n) is 18.7. The summed E-state index contributed by atoms with van der Waals surface area (Å²) in [7, 11) is 3.07. The van der Waals surface area contributed by atoms with E-state index in [-0.39, 0.29) is 12.3 Å². The van der Waals surface area contributed by atoms with E-state index in [2.05, 4.69) is 23.7 Å². The number of fused-ring (bicyclic) bond motifs is 1. The zero-order chi connectivity index (χ0) is 21.7. The van der Waals surface area contributed by atoms with Crippen LogP contribution in [-0.4, -0.2) is 42.5 Å². The van der Waals surface area contributed by atoms with E-state index in [4.69, 9.17) is 0 Å². The third-order valence-electron chi connectivity index (χ3n) is 5.87. The van der Waals surface area contributed by atoms with Crippen molar-refractivity contribution in [1.82, 2.24) is 23.6 Å². The van der Waals surface area contributed by atoms with E-state index in [1.54, 1.807) is 11.6 Å². The molecule has 160 valence electrons. The summed E-state index contributed by atoms with van der Waals surface area (Å²) in [5, 5.41) is 0. The summed E-state index contributed by atoms with van der Waals surface area (Å²) in [5.74, 6) is 1.86. The number of carbonyl (C=O) groups excluding carboxylic acids is 1. The van der Waals surface area contributed by atoms with E-state index >= 15 is 0 Å². The van der Waals surface area contributed by atoms with Crippen molar-refractivity contribution in [3.63, 3.8) is 0 Å². The second kappa shape index (κ2) is 7.55. The number of likely N-dealkylation sites (tertiary alicyclic amines) is 1. The molecule has 1 aliphatic heterocycles. The normalized spacial score (nSPS) is 21.1. The lowest BCUT2D eigenvalue weighted by molar-refractivity contribution is -0.126. The second-order valence-corrected chi connectivity index (χ2v) is 9.81. The zero-order valence-corrected chi connectivity index (χ0v) is 18.7. The van der Waals surface area contributed by atoms with E-state index in [9.17, 15) is 14.4 Å². The fourth-order valence-corrected chi connectivity index (χ4v) is 4.28. The Kier molecular flexibility index (Phi) is 5.60. The molecule has 2 atom stereocenters. The smallest absolute Gasteiger partial charge is 0.313 e. The van der Waals surface area contributed by atoms with E-state index in [1.807, 2.05) is 20.8 Å². The minimum Gasteiger partial charge on any atom is -0.313 e. The molecule has 0 unspecified atom stereocenters. The molecule has 0 saturated carbocycles. The standard InChI is InChI=1S/C21H33N5O3/c1-13-8-14(2)10-25(9-13)12-16-22-18-17(19(28)24(7)20(29)23(18)6)26(16)11-15(27)21(3,4)5/h13-14H,8-12H2,1-7H3/t13-,14+. The van der Waals surface area contributed by atoms with Gasteiger partial charge in [-0.15, -0.1) is 0 Å². The fraction of sp³-hybridized carbons (Fsp3) is 0.714. The predicted molar refractivity (Wildman–Crippen MR) is 113 cm³/mol. The molecule has 0 bridgehead atoms. The van der Waals surface area contributed by atoms with E-state index in [1.165, 1.54) is 18.0 Å². The van der Waals surface area contributed by atoms with Gasteiger partial charge in [0.25, 0.3) is 5.56 Å². The number of rotatable bonds is 4. The average Bonchev–Trinajstić information content (AvgIpc) is 2.94. The first-order chi connectivity index (χ1) is 13.4. The Labute approximate surface area is 171 Å². The third-order valence-corrected chi connectivity index (χ3v) is 5.87. The molecular formula is C21H33N5O3. The highest BCUT2D eigenvalue weighted by molar-refractivity contribution is 5.85. The molecule has 2 aromatic rings. The molecule has 0 radical (unpaired) electrons. The number of nitrogens with zero attached hydrogens (tertiary/aromatic N) is 5. The monoisotopic (exact) mass is 403 g/mol. The summed E-state index contributed by atoms with van der Waals surface area (Å²) in [6, 6.07) is 0. The number of Topliss-reactive ketones (excluding diaryl/α,β-unsaturated/α-hetero) is 1. The molecule has 29 heavy (non-hydrogen) atoms. The number of aryl methyl sites for hydroxylation is 1. The van der Waals surface area contributed by atoms with Crippen molar-refractivity contribution in [3.8, 4) is 0 Å². The first-order valence-electron chi connectivity index (χ1n) is 10.3. The van der Waals surface area contributed by atoms with Crippen molar-refractivity contribution in [2.24, 2.45) is 31.3 Å². The van der Waals surface area contributed by atoms with Crippen LogP contribution in [0, 0.1) is 17.3 Å². The van der Waals surface area contributed by atoms with Crippen molar-refractivity contribution in [2.75, 3.05) is 13.1 Å². The Balaban J connectivity index is 2.15. The van der Waals surface area contributed by atoms with Crippen LogP contribution in [0.4, 0.5) is 0 Å². The molecule has 0 N–H and O–H groups in total. The Morgan fingerprint density at radius 3 is 2.21 bits per heavy atom. The fourth-order valence-electron chi connectivity index (χ4n) is 4.28. The van der Waals surface area contributed by atoms with Crippen LogP contribution in [0.3, 0.4) is 0 Å². The van der Waals surface area contributed by atoms with Crippen LogP contribution in [-0.2, 0) is 32.0 Å². The molecule has 0 spiro atoms. The number of hydrogen-bond donors (Lipinski definition) is 0. The summed E-state index contributed by atoms with van der Waals surface area (Å²) in [5.41, 5.74) is -0.702. The van der Waals surface area contributed by atoms with Crippen LogP contribution in [0.25, 0.3) is 11.2 Å². The molecule has 1 saturated heterocycles. The maximum Gasteiger partial charge on any atom is 0.332 e. The lowest BCUT2D eigenvalue weighted by Crippen LogP contribution is -2.39. The van der Waals surface area contributed by atoms with Gasteiger partial charge in [0.2, 0.25) is 0 Å². The van der Waals surface area contributed by atoms with Gasteiger partial charge >= 0.3 is 5.69 Å². The maximum absolute atomic E-state index is 12.9. The summed E-state index contributed by atoms with van der Waals surface area (Å²) in [4.78, 5) is 45.1. The molecule has 1 fully saturated rings. The molecule has 0 aliphatic carbocycles. The number of ketones is 1.